The van der Waals surface area contributed by atoms with E-state index in [9.17, 15) is 0 Å². The van der Waals surface area contributed by atoms with Crippen molar-refractivity contribution in [2.45, 2.75) is 13.1 Å². The maximum atomic E-state index is 2.68. The second kappa shape index (κ2) is 3.71. The van der Waals surface area contributed by atoms with E-state index in [1.807, 2.05) is 0 Å². The molecule has 0 unspecified atom stereocenters. The van der Waals surface area contributed by atoms with E-state index in [1.165, 1.54) is 10.4 Å². The van der Waals surface area contributed by atoms with Gasteiger partial charge in [0, 0.05) is 0 Å². The highest BCUT2D eigenvalue weighted by atomic mass is 32.2. The standard InChI is InChI=1S/C4H17NSSi2/c1-6(2)5(7)8(3)4/h6,8H,1-4,7H3. The third-order valence-corrected chi connectivity index (χ3v) is 12.4. The van der Waals surface area contributed by atoms with Gasteiger partial charge in [0.1, 0.15) is 8.96 Å². The van der Waals surface area contributed by atoms with Crippen molar-refractivity contribution >= 4 is 30.4 Å². The fourth-order valence-corrected chi connectivity index (χ4v) is 4.16. The molecule has 0 spiro atoms. The van der Waals surface area contributed by atoms with E-state index in [0.717, 1.165) is 0 Å². The lowest BCUT2D eigenvalue weighted by Crippen LogP contribution is -2.27. The summed E-state index contributed by atoms with van der Waals surface area (Å²) >= 11 is 0.256. The topological polar surface area (TPSA) is 3.24 Å². The first-order valence-corrected chi connectivity index (χ1v) is 8.86. The molecule has 0 saturated heterocycles. The van der Waals surface area contributed by atoms with Crippen molar-refractivity contribution in [3.05, 3.63) is 0 Å². The first-order valence-electron chi connectivity index (χ1n) is 2.95. The molecule has 0 rings (SSSR count). The zero-order valence-electron chi connectivity index (χ0n) is 6.47. The van der Waals surface area contributed by atoms with Gasteiger partial charge in [-0.05, 0) is 12.5 Å². The van der Waals surface area contributed by atoms with E-state index in [0.29, 0.717) is 0 Å². The van der Waals surface area contributed by atoms with E-state index in [4.69, 9.17) is 0 Å². The van der Waals surface area contributed by atoms with E-state index in [2.05, 4.69) is 29.2 Å². The zero-order valence-corrected chi connectivity index (χ0v) is 10.5. The molecule has 0 aliphatic rings. The molecule has 0 atom stereocenters. The van der Waals surface area contributed by atoms with Crippen LogP contribution in [0.5, 0.6) is 0 Å². The van der Waals surface area contributed by atoms with Crippen molar-refractivity contribution < 1.29 is 0 Å². The predicted octanol–water partition coefficient (Wildman–Crippen LogP) is -0.272. The molecule has 0 fully saturated rings. The molecule has 8 heavy (non-hydrogen) atoms. The van der Waals surface area contributed by atoms with Gasteiger partial charge in [-0.25, -0.2) is 11.1 Å². The minimum absolute atomic E-state index is 0.256. The lowest BCUT2D eigenvalue weighted by molar-refractivity contribution is 1.13. The first kappa shape index (κ1) is 8.74. The molecule has 52 valence electrons. The summed E-state index contributed by atoms with van der Waals surface area (Å²) < 4.78 is 2.68. The van der Waals surface area contributed by atoms with Crippen LogP contribution in [0, 0.1) is 0 Å². The molecule has 4 heteroatoms. The Bertz CT molecular complexity index is 59.1. The summed E-state index contributed by atoms with van der Waals surface area (Å²) in [5, 5.41) is 0. The molecule has 0 amide bonds. The van der Waals surface area contributed by atoms with Gasteiger partial charge >= 0.3 is 0 Å². The maximum absolute atomic E-state index is 2.68. The maximum Gasteiger partial charge on any atom is 0.107 e. The van der Waals surface area contributed by atoms with Crippen LogP contribution in [0.15, 0.2) is 0 Å². The van der Waals surface area contributed by atoms with Crippen molar-refractivity contribution in [2.24, 2.45) is 0 Å². The third kappa shape index (κ3) is 2.91. The second-order valence-corrected chi connectivity index (χ2v) is 11.0. The average Bonchev–Trinajstić information content (AvgIpc) is 1.64. The van der Waals surface area contributed by atoms with Gasteiger partial charge in [0.2, 0.25) is 0 Å². The highest BCUT2D eigenvalue weighted by Crippen LogP contribution is 2.18. The summed E-state index contributed by atoms with van der Waals surface area (Å²) in [5.41, 5.74) is 0. The number of hydrogen-bond donors (Lipinski definition) is 1. The van der Waals surface area contributed by atoms with E-state index < -0.39 is 8.96 Å². The molecule has 0 radical (unpaired) electrons. The normalized spacial score (nSPS) is 13.5. The smallest absolute Gasteiger partial charge is 0.107 e. The van der Waals surface area contributed by atoms with Crippen molar-refractivity contribution in [1.29, 1.82) is 0 Å². The Morgan fingerprint density at radius 2 is 1.75 bits per heavy atom. The summed E-state index contributed by atoms with van der Waals surface area (Å²) in [4.78, 5) is 0. The first-order chi connectivity index (χ1) is 3.55. The molecular weight excluding hydrogens is 150 g/mol. The molecule has 0 aliphatic carbocycles. The summed E-state index contributed by atoms with van der Waals surface area (Å²) in [6.07, 6.45) is 4.69. The second-order valence-electron chi connectivity index (χ2n) is 2.51. The fraction of sp³-hybridized carbons (Fsp3) is 1.00. The van der Waals surface area contributed by atoms with Crippen LogP contribution in [-0.4, -0.2) is 35.5 Å². The number of hydrogen-bond acceptors (Lipinski definition) is 1. The summed E-state index contributed by atoms with van der Waals surface area (Å²) in [7, 11) is 0.883. The largest absolute Gasteiger partial charge is 0.322 e. The van der Waals surface area contributed by atoms with Gasteiger partial charge in [-0.3, -0.25) is 0 Å². The van der Waals surface area contributed by atoms with Crippen LogP contribution in [0.2, 0.25) is 13.1 Å². The molecule has 0 heterocycles. The number of thiol groups is 1. The van der Waals surface area contributed by atoms with E-state index in [-0.39, 0.29) is 11.1 Å². The lowest BCUT2D eigenvalue weighted by Gasteiger charge is -2.28. The van der Waals surface area contributed by atoms with Crippen molar-refractivity contribution in [2.75, 3.05) is 12.5 Å². The Morgan fingerprint density at radius 1 is 1.38 bits per heavy atom. The van der Waals surface area contributed by atoms with Crippen LogP contribution >= 0.6 is 11.1 Å². The van der Waals surface area contributed by atoms with Crippen molar-refractivity contribution in [3.63, 3.8) is 0 Å². The molecule has 0 aliphatic heterocycles. The fourth-order valence-electron chi connectivity index (χ4n) is 0.462. The van der Waals surface area contributed by atoms with Crippen LogP contribution in [0.1, 0.15) is 0 Å². The zero-order chi connectivity index (χ0) is 6.73. The van der Waals surface area contributed by atoms with Gasteiger partial charge in [0.15, 0.2) is 0 Å². The van der Waals surface area contributed by atoms with Crippen LogP contribution < -0.4 is 0 Å². The Kier molecular flexibility index (Phi) is 4.05. The van der Waals surface area contributed by atoms with Crippen molar-refractivity contribution in [1.82, 2.24) is 3.64 Å². The van der Waals surface area contributed by atoms with Gasteiger partial charge < -0.3 is 3.64 Å². The third-order valence-electron chi connectivity index (χ3n) is 1.38. The quantitative estimate of drug-likeness (QED) is 0.438. The van der Waals surface area contributed by atoms with Gasteiger partial charge in [0.25, 0.3) is 0 Å². The SMILES string of the molecule is C[SiH](C)N([SiH3])[SH](C)C. The molecule has 1 nitrogen and oxygen atoms in total. The molecular formula is C4H17NSSi2. The molecule has 0 bridgehead atoms. The Hall–Kier alpha value is 0.744. The predicted molar refractivity (Wildman–Crippen MR) is 51.5 cm³/mol. The van der Waals surface area contributed by atoms with Crippen molar-refractivity contribution in [3.8, 4) is 0 Å². The molecule has 0 aromatic heterocycles. The monoisotopic (exact) mass is 167 g/mol. The Labute approximate surface area is 60.1 Å². The number of nitrogens with zero attached hydrogens (tertiary/aromatic N) is 1. The highest BCUT2D eigenvalue weighted by Gasteiger charge is 2.03. The lowest BCUT2D eigenvalue weighted by atomic mass is 11.9. The van der Waals surface area contributed by atoms with Gasteiger partial charge in [-0.1, -0.05) is 13.1 Å². The van der Waals surface area contributed by atoms with Crippen LogP contribution in [-0.2, 0) is 0 Å². The average molecular weight is 167 g/mol. The van der Waals surface area contributed by atoms with Gasteiger partial charge in [-0.15, -0.1) is 0 Å². The Balaban J connectivity index is 3.46. The summed E-state index contributed by atoms with van der Waals surface area (Å²) in [6, 6.07) is 0. The number of rotatable bonds is 2. The molecule has 0 aromatic rings. The minimum atomic E-state index is -0.399. The van der Waals surface area contributed by atoms with Crippen LogP contribution in [0.25, 0.3) is 0 Å². The van der Waals surface area contributed by atoms with Crippen LogP contribution in [0.3, 0.4) is 0 Å². The van der Waals surface area contributed by atoms with Crippen LogP contribution in [0.4, 0.5) is 0 Å². The molecule has 0 saturated carbocycles. The van der Waals surface area contributed by atoms with E-state index >= 15 is 0 Å². The summed E-state index contributed by atoms with van der Waals surface area (Å²) in [5.74, 6) is 0. The van der Waals surface area contributed by atoms with E-state index in [1.54, 1.807) is 0 Å². The van der Waals surface area contributed by atoms with Gasteiger partial charge in [-0.2, -0.15) is 0 Å². The molecule has 0 N–H and O–H groups in total. The Morgan fingerprint density at radius 3 is 1.75 bits per heavy atom. The van der Waals surface area contributed by atoms with Gasteiger partial charge in [0.05, 0.1) is 10.4 Å². The molecule has 0 aromatic carbocycles. The summed E-state index contributed by atoms with van der Waals surface area (Å²) in [6.45, 7) is 4.80. The minimum Gasteiger partial charge on any atom is -0.322 e. The highest BCUT2D eigenvalue weighted by molar-refractivity contribution is 8.15.